The van der Waals surface area contributed by atoms with E-state index in [9.17, 15) is 18.3 Å². The highest BCUT2D eigenvalue weighted by Crippen LogP contribution is 2.29. The molecule has 0 bridgehead atoms. The number of anilines is 1. The van der Waals surface area contributed by atoms with Crippen LogP contribution >= 0.6 is 11.6 Å². The molecule has 1 N–H and O–H groups in total. The summed E-state index contributed by atoms with van der Waals surface area (Å²) in [4.78, 5) is 9.91. The second-order valence-electron chi connectivity index (χ2n) is 6.63. The summed E-state index contributed by atoms with van der Waals surface area (Å²) < 4.78 is 44.0. The molecular weight excluding hydrogens is 413 g/mol. The first-order valence-corrected chi connectivity index (χ1v) is 9.15. The van der Waals surface area contributed by atoms with Gasteiger partial charge in [0, 0.05) is 18.1 Å². The van der Waals surface area contributed by atoms with Gasteiger partial charge in [0.15, 0.2) is 23.6 Å². The van der Waals surface area contributed by atoms with Crippen molar-refractivity contribution in [1.29, 1.82) is 0 Å². The van der Waals surface area contributed by atoms with Crippen molar-refractivity contribution < 1.29 is 23.0 Å². The Labute approximate surface area is 167 Å². The fraction of sp³-hybridized carbons (Fsp3) is 0.412. The highest BCUT2D eigenvalue weighted by atomic mass is 35.5. The number of nitrogens with zero attached hydrogens (tertiary/aromatic N) is 6. The van der Waals surface area contributed by atoms with Crippen LogP contribution in [0.15, 0.2) is 24.3 Å². The van der Waals surface area contributed by atoms with Crippen LogP contribution < -0.4 is 9.64 Å². The minimum absolute atomic E-state index is 0.216. The largest absolute Gasteiger partial charge is 0.454 e. The first-order valence-electron chi connectivity index (χ1n) is 8.77. The molecule has 1 aliphatic rings. The van der Waals surface area contributed by atoms with Gasteiger partial charge in [-0.2, -0.15) is 23.1 Å². The number of β-amino-alcohol motifs (C(OH)–C–C–N with tert-alkyl or cyclic N) is 1. The van der Waals surface area contributed by atoms with Crippen molar-refractivity contribution in [3.05, 3.63) is 34.9 Å². The second-order valence-corrected chi connectivity index (χ2v) is 7.04. The molecule has 3 aromatic rings. The molecule has 1 saturated heterocycles. The molecule has 0 aliphatic carbocycles. The first-order chi connectivity index (χ1) is 13.8. The molecule has 1 aliphatic heterocycles. The minimum Gasteiger partial charge on any atom is -0.454 e. The van der Waals surface area contributed by atoms with Crippen molar-refractivity contribution in [1.82, 2.24) is 25.0 Å². The molecule has 1 aromatic carbocycles. The Morgan fingerprint density at radius 2 is 2.03 bits per heavy atom. The predicted molar refractivity (Wildman–Crippen MR) is 98.1 cm³/mol. The van der Waals surface area contributed by atoms with Crippen molar-refractivity contribution in [2.75, 3.05) is 24.6 Å². The zero-order chi connectivity index (χ0) is 20.6. The Morgan fingerprint density at radius 3 is 2.72 bits per heavy atom. The van der Waals surface area contributed by atoms with Gasteiger partial charge in [-0.3, -0.25) is 0 Å². The maximum Gasteiger partial charge on any atom is 0.422 e. The number of aromatic nitrogens is 5. The molecule has 12 heteroatoms. The van der Waals surface area contributed by atoms with Crippen LogP contribution in [0.25, 0.3) is 11.2 Å². The Kier molecular flexibility index (Phi) is 5.17. The lowest BCUT2D eigenvalue weighted by Gasteiger charge is -2.17. The Bertz CT molecular complexity index is 1030. The molecule has 154 valence electrons. The summed E-state index contributed by atoms with van der Waals surface area (Å²) in [5.74, 6) is 0.272. The number of hydrogen-bond acceptors (Lipinski definition) is 7. The van der Waals surface area contributed by atoms with Crippen molar-refractivity contribution in [2.45, 2.75) is 25.2 Å². The van der Waals surface area contributed by atoms with E-state index < -0.39 is 24.9 Å². The number of hydrogen-bond donors (Lipinski definition) is 1. The van der Waals surface area contributed by atoms with E-state index in [1.54, 1.807) is 23.1 Å². The fourth-order valence-corrected chi connectivity index (χ4v) is 3.28. The summed E-state index contributed by atoms with van der Waals surface area (Å²) in [6.07, 6.45) is -4.58. The number of halogens is 4. The number of alkyl halides is 3. The van der Waals surface area contributed by atoms with Crippen LogP contribution in [0.2, 0.25) is 5.02 Å². The number of fused-ring (bicyclic) bond motifs is 1. The van der Waals surface area contributed by atoms with E-state index in [0.29, 0.717) is 23.5 Å². The van der Waals surface area contributed by atoms with E-state index in [1.165, 1.54) is 4.68 Å². The summed E-state index contributed by atoms with van der Waals surface area (Å²) in [6.45, 7) is -0.549. The highest BCUT2D eigenvalue weighted by molar-refractivity contribution is 6.31. The summed E-state index contributed by atoms with van der Waals surface area (Å²) in [7, 11) is 0. The van der Waals surface area contributed by atoms with Crippen LogP contribution in [-0.4, -0.2) is 62.0 Å². The molecule has 29 heavy (non-hydrogen) atoms. The molecule has 1 atom stereocenters. The Morgan fingerprint density at radius 1 is 1.24 bits per heavy atom. The van der Waals surface area contributed by atoms with E-state index in [4.69, 9.17) is 16.3 Å². The van der Waals surface area contributed by atoms with Crippen LogP contribution in [0.1, 0.15) is 12.0 Å². The van der Waals surface area contributed by atoms with Gasteiger partial charge in [-0.05, 0) is 18.1 Å². The van der Waals surface area contributed by atoms with Crippen LogP contribution in [-0.2, 0) is 6.54 Å². The number of ether oxygens (including phenoxy) is 1. The SMILES string of the molecule is O[C@H]1CCN(c2nc(OCC(F)(F)F)nc3c2nnn3Cc2ccccc2Cl)C1. The van der Waals surface area contributed by atoms with Gasteiger partial charge in [0.2, 0.25) is 0 Å². The Hall–Kier alpha value is -2.66. The van der Waals surface area contributed by atoms with E-state index in [0.717, 1.165) is 5.56 Å². The van der Waals surface area contributed by atoms with Gasteiger partial charge in [-0.25, -0.2) is 4.68 Å². The maximum atomic E-state index is 12.6. The lowest BCUT2D eigenvalue weighted by molar-refractivity contribution is -0.154. The summed E-state index contributed by atoms with van der Waals surface area (Å²) in [6, 6.07) is 6.68. The van der Waals surface area contributed by atoms with Gasteiger partial charge >= 0.3 is 12.2 Å². The third kappa shape index (κ3) is 4.35. The minimum atomic E-state index is -4.53. The zero-order valence-corrected chi connectivity index (χ0v) is 15.7. The Balaban J connectivity index is 1.75. The lowest BCUT2D eigenvalue weighted by Crippen LogP contribution is -2.24. The van der Waals surface area contributed by atoms with Gasteiger partial charge in [0.1, 0.15) is 0 Å². The first kappa shape index (κ1) is 19.6. The number of benzene rings is 1. The van der Waals surface area contributed by atoms with Crippen molar-refractivity contribution in [3.8, 4) is 6.01 Å². The van der Waals surface area contributed by atoms with Crippen LogP contribution in [0.3, 0.4) is 0 Å². The topological polar surface area (TPSA) is 89.2 Å². The average Bonchev–Trinajstić information content (AvgIpc) is 3.27. The fourth-order valence-electron chi connectivity index (χ4n) is 3.08. The second kappa shape index (κ2) is 7.64. The molecule has 8 nitrogen and oxygen atoms in total. The molecule has 0 unspecified atom stereocenters. The standard InChI is InChI=1S/C17H16ClF3N6O2/c18-12-4-2-1-3-10(12)7-27-15-13(24-25-27)14(26-6-5-11(28)8-26)22-16(23-15)29-9-17(19,20)21/h1-4,11,28H,5-9H2/t11-/m0/s1. The van der Waals surface area contributed by atoms with Gasteiger partial charge in [-0.15, -0.1) is 5.10 Å². The molecule has 0 radical (unpaired) electrons. The number of aliphatic hydroxyl groups is 1. The van der Waals surface area contributed by atoms with Crippen molar-refractivity contribution in [2.24, 2.45) is 0 Å². The van der Waals surface area contributed by atoms with E-state index >= 15 is 0 Å². The molecule has 0 spiro atoms. The molecule has 4 rings (SSSR count). The average molecular weight is 429 g/mol. The van der Waals surface area contributed by atoms with Gasteiger partial charge in [0.25, 0.3) is 0 Å². The molecule has 2 aromatic heterocycles. The van der Waals surface area contributed by atoms with E-state index in [-0.39, 0.29) is 24.6 Å². The zero-order valence-electron chi connectivity index (χ0n) is 15.0. The maximum absolute atomic E-state index is 12.6. The van der Waals surface area contributed by atoms with Crippen LogP contribution in [0, 0.1) is 0 Å². The molecule has 1 fully saturated rings. The number of aliphatic hydroxyl groups excluding tert-OH is 1. The monoisotopic (exact) mass is 428 g/mol. The smallest absolute Gasteiger partial charge is 0.422 e. The van der Waals surface area contributed by atoms with Gasteiger partial charge in [0.05, 0.1) is 12.6 Å². The summed E-state index contributed by atoms with van der Waals surface area (Å²) >= 11 is 6.19. The normalized spacial score (nSPS) is 17.3. The van der Waals surface area contributed by atoms with E-state index in [1.807, 2.05) is 6.07 Å². The quantitative estimate of drug-likeness (QED) is 0.667. The third-order valence-corrected chi connectivity index (χ3v) is 4.80. The molecule has 0 saturated carbocycles. The molecule has 3 heterocycles. The van der Waals surface area contributed by atoms with Crippen molar-refractivity contribution >= 4 is 28.6 Å². The van der Waals surface area contributed by atoms with E-state index in [2.05, 4.69) is 20.3 Å². The van der Waals surface area contributed by atoms with Crippen molar-refractivity contribution in [3.63, 3.8) is 0 Å². The van der Waals surface area contributed by atoms with Crippen LogP contribution in [0.4, 0.5) is 19.0 Å². The van der Waals surface area contributed by atoms with Gasteiger partial charge in [-0.1, -0.05) is 35.0 Å². The number of rotatable bonds is 5. The van der Waals surface area contributed by atoms with Gasteiger partial charge < -0.3 is 14.7 Å². The summed E-state index contributed by atoms with van der Waals surface area (Å²) in [5.41, 5.74) is 1.27. The highest BCUT2D eigenvalue weighted by Gasteiger charge is 2.31. The molecular formula is C17H16ClF3N6O2. The van der Waals surface area contributed by atoms with Crippen LogP contribution in [0.5, 0.6) is 6.01 Å². The lowest BCUT2D eigenvalue weighted by atomic mass is 10.2. The summed E-state index contributed by atoms with van der Waals surface area (Å²) in [5, 5.41) is 18.5. The third-order valence-electron chi connectivity index (χ3n) is 4.43. The molecule has 0 amide bonds. The predicted octanol–water partition coefficient (Wildman–Crippen LogP) is 2.44.